The molecule has 0 radical (unpaired) electrons. The molecule has 0 bridgehead atoms. The van der Waals surface area contributed by atoms with Crippen molar-refractivity contribution in [3.05, 3.63) is 0 Å². The molecule has 328 valence electrons. The van der Waals surface area contributed by atoms with Crippen LogP contribution >= 0.6 is 0 Å². The molecule has 0 unspecified atom stereocenters. The van der Waals surface area contributed by atoms with E-state index in [0.717, 1.165) is 27.7 Å². The Morgan fingerprint density at radius 2 is 0.754 bits per heavy atom. The van der Waals surface area contributed by atoms with E-state index < -0.39 is 173 Å². The Morgan fingerprint density at radius 1 is 0.421 bits per heavy atom. The van der Waals surface area contributed by atoms with Crippen molar-refractivity contribution in [3.63, 3.8) is 0 Å². The third-order valence-electron chi connectivity index (χ3n) is 9.81. The van der Waals surface area contributed by atoms with Gasteiger partial charge in [0.25, 0.3) is 0 Å². The Morgan fingerprint density at radius 3 is 1.21 bits per heavy atom. The lowest BCUT2D eigenvalue weighted by atomic mass is 9.93. The van der Waals surface area contributed by atoms with Crippen LogP contribution in [0.3, 0.4) is 0 Å². The average molecular weight is 831 g/mol. The molecule has 4 rings (SSSR count). The van der Waals surface area contributed by atoms with E-state index in [1.165, 1.54) is 0 Å². The zero-order chi connectivity index (χ0) is 42.5. The van der Waals surface area contributed by atoms with E-state index in [-0.39, 0.29) is 0 Å². The number of hydrogen-bond donors (Lipinski definition) is 14. The summed E-state index contributed by atoms with van der Waals surface area (Å²) in [5, 5.41) is 116. The van der Waals surface area contributed by atoms with Crippen molar-refractivity contribution in [3.8, 4) is 0 Å². The maximum atomic E-state index is 12.6. The van der Waals surface area contributed by atoms with Crippen molar-refractivity contribution in [1.29, 1.82) is 0 Å². The molecule has 0 saturated carbocycles. The monoisotopic (exact) mass is 830 g/mol. The van der Waals surface area contributed by atoms with Crippen molar-refractivity contribution in [1.82, 2.24) is 21.3 Å². The highest BCUT2D eigenvalue weighted by atomic mass is 16.7. The zero-order valence-electron chi connectivity index (χ0n) is 31.3. The van der Waals surface area contributed by atoms with E-state index in [1.807, 2.05) is 0 Å². The number of amides is 4. The summed E-state index contributed by atoms with van der Waals surface area (Å²) in [6.07, 6.45) is -27.2. The van der Waals surface area contributed by atoms with Gasteiger partial charge in [0, 0.05) is 27.7 Å². The first-order valence-electron chi connectivity index (χ1n) is 18.1. The lowest BCUT2D eigenvalue weighted by Crippen LogP contribution is -2.72. The Labute approximate surface area is 325 Å². The number of nitrogens with one attached hydrogen (secondary N) is 4. The van der Waals surface area contributed by atoms with E-state index in [9.17, 15) is 70.2 Å². The molecule has 0 aliphatic carbocycles. The first-order valence-corrected chi connectivity index (χ1v) is 18.1. The maximum Gasteiger partial charge on any atom is 0.217 e. The van der Waals surface area contributed by atoms with Gasteiger partial charge in [0.15, 0.2) is 25.2 Å². The normalized spacial score (nSPS) is 43.8. The van der Waals surface area contributed by atoms with Crippen LogP contribution in [0.4, 0.5) is 0 Å². The van der Waals surface area contributed by atoms with Crippen LogP contribution in [0.25, 0.3) is 0 Å². The van der Waals surface area contributed by atoms with Gasteiger partial charge in [0.05, 0.1) is 26.4 Å². The summed E-state index contributed by atoms with van der Waals surface area (Å²) in [5.41, 5.74) is 0. The highest BCUT2D eigenvalue weighted by Crippen LogP contribution is 2.34. The summed E-state index contributed by atoms with van der Waals surface area (Å²) >= 11 is 0. The number of aliphatic hydroxyl groups is 10. The minimum atomic E-state index is -1.91. The van der Waals surface area contributed by atoms with Crippen LogP contribution < -0.4 is 21.3 Å². The topological polar surface area (TPSA) is 383 Å². The van der Waals surface area contributed by atoms with Crippen LogP contribution in [0.15, 0.2) is 0 Å². The lowest BCUT2D eigenvalue weighted by molar-refractivity contribution is -0.360. The molecule has 4 aliphatic heterocycles. The Bertz CT molecular complexity index is 1370. The zero-order valence-corrected chi connectivity index (χ0v) is 31.3. The van der Waals surface area contributed by atoms with E-state index >= 15 is 0 Å². The molecule has 4 amide bonds. The molecule has 0 aromatic carbocycles. The molecule has 25 heteroatoms. The van der Waals surface area contributed by atoms with Crippen LogP contribution in [-0.4, -0.2) is 224 Å². The van der Waals surface area contributed by atoms with Crippen LogP contribution in [0.2, 0.25) is 0 Å². The molecular weight excluding hydrogens is 776 g/mol. The molecule has 0 aromatic rings. The maximum absolute atomic E-state index is 12.6. The van der Waals surface area contributed by atoms with Gasteiger partial charge in [-0.1, -0.05) is 0 Å². The first-order chi connectivity index (χ1) is 26.9. The molecular formula is C32H54N4O21. The summed E-state index contributed by atoms with van der Waals surface area (Å²) < 4.78 is 40.7. The molecule has 0 aromatic heterocycles. The number of carbonyl (C=O) groups is 4. The molecule has 4 saturated heterocycles. The molecule has 57 heavy (non-hydrogen) atoms. The smallest absolute Gasteiger partial charge is 0.217 e. The predicted molar refractivity (Wildman–Crippen MR) is 180 cm³/mol. The van der Waals surface area contributed by atoms with E-state index in [4.69, 9.17) is 33.2 Å². The highest BCUT2D eigenvalue weighted by Gasteiger charge is 2.56. The summed E-state index contributed by atoms with van der Waals surface area (Å²) in [6.45, 7) is 0.841. The summed E-state index contributed by atoms with van der Waals surface area (Å²) in [6, 6.07) is -6.22. The Kier molecular flexibility index (Phi) is 16.8. The van der Waals surface area contributed by atoms with Gasteiger partial charge in [-0.05, 0) is 0 Å². The van der Waals surface area contributed by atoms with Crippen molar-refractivity contribution >= 4 is 23.6 Å². The van der Waals surface area contributed by atoms with Crippen LogP contribution in [0, 0.1) is 0 Å². The van der Waals surface area contributed by atoms with Gasteiger partial charge in [-0.15, -0.1) is 0 Å². The van der Waals surface area contributed by atoms with Crippen molar-refractivity contribution < 1.29 is 103 Å². The fourth-order valence-electron chi connectivity index (χ4n) is 7.17. The molecule has 25 nitrogen and oxygen atoms in total. The number of hydrogen-bond acceptors (Lipinski definition) is 21. The standard InChI is InChI=1S/C32H54N4O21/c1-9(41)33-17-24(48)26(15(7-39)51-29(17)50)56-32-20(36-12(4)44)28(22(46)14(6-38)53-32)57-31-19(35-11(3)43)25(49)27(16(8-40)54-31)55-30-18(34-10(2)42)23(47)21(45)13(5-37)52-30/h13-32,37-40,45-50H,5-8H2,1-4H3,(H,33,41)(H,34,42)(H,35,43)(H,36,44)/t13-,14-,15-,16-,17-,18-,19-,20-,21+,22+,23-,24-,25-,26-,27-,28-,29-,30+,31+,32+/m1/s1. The second-order valence-corrected chi connectivity index (χ2v) is 14.1. The number of rotatable bonds is 14. The number of carbonyl (C=O) groups excluding carboxylic acids is 4. The van der Waals surface area contributed by atoms with E-state index in [1.54, 1.807) is 0 Å². The van der Waals surface area contributed by atoms with E-state index in [2.05, 4.69) is 21.3 Å². The van der Waals surface area contributed by atoms with Gasteiger partial charge in [-0.2, -0.15) is 0 Å². The predicted octanol–water partition coefficient (Wildman–Crippen LogP) is -9.17. The Balaban J connectivity index is 1.67. The minimum absolute atomic E-state index is 0.674. The van der Waals surface area contributed by atoms with Crippen LogP contribution in [-0.2, 0) is 52.3 Å². The van der Waals surface area contributed by atoms with Crippen LogP contribution in [0.5, 0.6) is 0 Å². The second-order valence-electron chi connectivity index (χ2n) is 14.1. The van der Waals surface area contributed by atoms with E-state index in [0.29, 0.717) is 0 Å². The third kappa shape index (κ3) is 10.9. The summed E-state index contributed by atoms with van der Waals surface area (Å²) in [4.78, 5) is 48.8. The third-order valence-corrected chi connectivity index (χ3v) is 9.81. The molecule has 4 aliphatic rings. The molecule has 14 N–H and O–H groups in total. The molecule has 20 atom stereocenters. The van der Waals surface area contributed by atoms with Gasteiger partial charge in [-0.25, -0.2) is 0 Å². The summed E-state index contributed by atoms with van der Waals surface area (Å²) in [5.74, 6) is -2.89. The number of aliphatic hydroxyl groups excluding tert-OH is 10. The molecule has 0 spiro atoms. The quantitative estimate of drug-likeness (QED) is 0.0773. The lowest BCUT2D eigenvalue weighted by Gasteiger charge is -2.51. The van der Waals surface area contributed by atoms with Gasteiger partial charge in [0.1, 0.15) is 97.4 Å². The average Bonchev–Trinajstić information content (AvgIpc) is 3.14. The molecule has 4 heterocycles. The largest absolute Gasteiger partial charge is 0.394 e. The first kappa shape index (κ1) is 46.9. The minimum Gasteiger partial charge on any atom is -0.394 e. The Hall–Kier alpha value is -2.80. The van der Waals surface area contributed by atoms with Crippen molar-refractivity contribution in [2.75, 3.05) is 26.4 Å². The van der Waals surface area contributed by atoms with Gasteiger partial charge >= 0.3 is 0 Å². The molecule has 4 fully saturated rings. The van der Waals surface area contributed by atoms with Crippen molar-refractivity contribution in [2.45, 2.75) is 150 Å². The van der Waals surface area contributed by atoms with Crippen molar-refractivity contribution in [2.24, 2.45) is 0 Å². The van der Waals surface area contributed by atoms with Crippen LogP contribution in [0.1, 0.15) is 27.7 Å². The summed E-state index contributed by atoms with van der Waals surface area (Å²) in [7, 11) is 0. The van der Waals surface area contributed by atoms with Gasteiger partial charge < -0.3 is 105 Å². The fraction of sp³-hybridized carbons (Fsp3) is 0.875. The number of ether oxygens (including phenoxy) is 7. The fourth-order valence-corrected chi connectivity index (χ4v) is 7.17. The van der Waals surface area contributed by atoms with Gasteiger partial charge in [0.2, 0.25) is 23.6 Å². The second kappa shape index (κ2) is 20.4. The SMILES string of the molecule is CC(=O)N[C@@H]1[C@@H](O)[C@H](O[C@@H]2O[C@H](CO)[C@H](O)[C@H](O[C@@H]3O[C@H](CO)[C@@H](O[C@@H]4O[C@H](CO)[C@H](O)[C@H](O)[C@H]4NC(C)=O)[C@H](O)[C@H]3NC(C)=O)[C@H]2NC(C)=O)[C@@H](CO)O[C@H]1O. The van der Waals surface area contributed by atoms with Gasteiger partial charge in [-0.3, -0.25) is 19.2 Å². The highest BCUT2D eigenvalue weighted by molar-refractivity contribution is 5.74.